The summed E-state index contributed by atoms with van der Waals surface area (Å²) in [5, 5.41) is 1.08. The zero-order chi connectivity index (χ0) is 20.2. The minimum Gasteiger partial charge on any atom is -0.497 e. The topological polar surface area (TPSA) is 43.8 Å². The second kappa shape index (κ2) is 8.60. The van der Waals surface area contributed by atoms with Crippen molar-refractivity contribution >= 4 is 16.7 Å². The van der Waals surface area contributed by atoms with E-state index < -0.39 is 0 Å². The molecule has 0 unspecified atom stereocenters. The summed E-state index contributed by atoms with van der Waals surface area (Å²) in [6.45, 7) is 4.85. The molecular formula is C24H28N2O3. The van der Waals surface area contributed by atoms with Crippen molar-refractivity contribution in [1.29, 1.82) is 0 Å². The van der Waals surface area contributed by atoms with E-state index in [1.165, 1.54) is 12.8 Å². The molecule has 1 fully saturated rings. The molecule has 1 aliphatic rings. The summed E-state index contributed by atoms with van der Waals surface area (Å²) in [7, 11) is 3.30. The summed E-state index contributed by atoms with van der Waals surface area (Å²) < 4.78 is 16.9. The molecule has 0 aliphatic carbocycles. The third-order valence-electron chi connectivity index (χ3n) is 5.46. The van der Waals surface area contributed by atoms with Crippen LogP contribution in [0.15, 0.2) is 48.5 Å². The van der Waals surface area contributed by atoms with Gasteiger partial charge < -0.3 is 19.1 Å². The normalized spacial score (nSPS) is 16.7. The van der Waals surface area contributed by atoms with Gasteiger partial charge in [-0.05, 0) is 54.7 Å². The minimum absolute atomic E-state index is 0.416. The van der Waals surface area contributed by atoms with Gasteiger partial charge in [0.25, 0.3) is 0 Å². The molecule has 5 nitrogen and oxygen atoms in total. The number of methoxy groups -OCH3 is 2. The van der Waals surface area contributed by atoms with E-state index in [4.69, 9.17) is 19.2 Å². The highest BCUT2D eigenvalue weighted by molar-refractivity contribution is 5.86. The van der Waals surface area contributed by atoms with Crippen molar-refractivity contribution < 1.29 is 14.2 Å². The lowest BCUT2D eigenvalue weighted by atomic mass is 10.0. The van der Waals surface area contributed by atoms with E-state index in [0.717, 1.165) is 52.6 Å². The van der Waals surface area contributed by atoms with Crippen LogP contribution in [0.25, 0.3) is 10.9 Å². The van der Waals surface area contributed by atoms with Crippen LogP contribution in [0.4, 0.5) is 5.82 Å². The zero-order valence-corrected chi connectivity index (χ0v) is 17.4. The molecule has 1 saturated heterocycles. The lowest BCUT2D eigenvalue weighted by molar-refractivity contribution is 0.307. The third-order valence-corrected chi connectivity index (χ3v) is 5.46. The molecule has 0 spiro atoms. The standard InChI is InChI=1S/C24H28N2O3/c1-17-6-5-11-26(15-17)23-10-9-19-7-4-8-22(24(19)25-23)29-16-18-12-20(27-2)14-21(13-18)28-3/h4,7-10,12-14,17H,5-6,11,15-16H2,1-3H3/t17-/m0/s1. The summed E-state index contributed by atoms with van der Waals surface area (Å²) >= 11 is 0. The Kier molecular flexibility index (Phi) is 5.74. The van der Waals surface area contributed by atoms with Crippen LogP contribution in [0.3, 0.4) is 0 Å². The van der Waals surface area contributed by atoms with Crippen LogP contribution in [0.2, 0.25) is 0 Å². The Morgan fingerprint density at radius 2 is 1.83 bits per heavy atom. The Morgan fingerprint density at radius 1 is 1.03 bits per heavy atom. The fourth-order valence-corrected chi connectivity index (χ4v) is 3.91. The summed E-state index contributed by atoms with van der Waals surface area (Å²) in [6.07, 6.45) is 2.51. The number of fused-ring (bicyclic) bond motifs is 1. The molecule has 29 heavy (non-hydrogen) atoms. The molecule has 0 N–H and O–H groups in total. The average Bonchev–Trinajstić information content (AvgIpc) is 2.77. The Bertz CT molecular complexity index is 967. The molecule has 1 aromatic heterocycles. The van der Waals surface area contributed by atoms with Gasteiger partial charge in [0.05, 0.1) is 14.2 Å². The molecule has 4 rings (SSSR count). The van der Waals surface area contributed by atoms with E-state index >= 15 is 0 Å². The van der Waals surface area contributed by atoms with Crippen molar-refractivity contribution in [3.05, 3.63) is 54.1 Å². The van der Waals surface area contributed by atoms with Gasteiger partial charge in [-0.3, -0.25) is 0 Å². The maximum atomic E-state index is 6.18. The molecule has 0 radical (unpaired) electrons. The van der Waals surface area contributed by atoms with E-state index in [-0.39, 0.29) is 0 Å². The van der Waals surface area contributed by atoms with Gasteiger partial charge in [-0.25, -0.2) is 4.98 Å². The maximum absolute atomic E-state index is 6.18. The number of hydrogen-bond acceptors (Lipinski definition) is 5. The van der Waals surface area contributed by atoms with Crippen LogP contribution in [0.5, 0.6) is 17.2 Å². The van der Waals surface area contributed by atoms with Gasteiger partial charge in [-0.1, -0.05) is 19.1 Å². The fourth-order valence-electron chi connectivity index (χ4n) is 3.91. The van der Waals surface area contributed by atoms with Gasteiger partial charge >= 0.3 is 0 Å². The van der Waals surface area contributed by atoms with E-state index in [1.807, 2.05) is 30.3 Å². The van der Waals surface area contributed by atoms with Crippen molar-refractivity contribution in [1.82, 2.24) is 4.98 Å². The number of pyridine rings is 1. The van der Waals surface area contributed by atoms with Crippen LogP contribution in [-0.4, -0.2) is 32.3 Å². The SMILES string of the molecule is COc1cc(COc2cccc3ccc(N4CCC[C@H](C)C4)nc23)cc(OC)c1. The van der Waals surface area contributed by atoms with Gasteiger partial charge in [-0.2, -0.15) is 0 Å². The Labute approximate surface area is 172 Å². The maximum Gasteiger partial charge on any atom is 0.146 e. The largest absolute Gasteiger partial charge is 0.497 e. The van der Waals surface area contributed by atoms with Crippen LogP contribution in [0, 0.1) is 5.92 Å². The molecule has 1 aliphatic heterocycles. The van der Waals surface area contributed by atoms with Crippen molar-refractivity contribution in [2.75, 3.05) is 32.2 Å². The first-order chi connectivity index (χ1) is 14.2. The lowest BCUT2D eigenvalue weighted by Crippen LogP contribution is -2.34. The van der Waals surface area contributed by atoms with Gasteiger partial charge in [0, 0.05) is 24.5 Å². The number of aromatic nitrogens is 1. The lowest BCUT2D eigenvalue weighted by Gasteiger charge is -2.32. The van der Waals surface area contributed by atoms with Crippen molar-refractivity contribution in [2.24, 2.45) is 5.92 Å². The van der Waals surface area contributed by atoms with E-state index in [1.54, 1.807) is 14.2 Å². The van der Waals surface area contributed by atoms with Crippen LogP contribution in [0.1, 0.15) is 25.3 Å². The van der Waals surface area contributed by atoms with Gasteiger partial charge in [0.15, 0.2) is 0 Å². The predicted molar refractivity (Wildman–Crippen MR) is 116 cm³/mol. The zero-order valence-electron chi connectivity index (χ0n) is 17.4. The van der Waals surface area contributed by atoms with Gasteiger partial charge in [-0.15, -0.1) is 0 Å². The molecule has 0 bridgehead atoms. The number of benzene rings is 2. The van der Waals surface area contributed by atoms with Crippen LogP contribution in [-0.2, 0) is 6.61 Å². The summed E-state index contributed by atoms with van der Waals surface area (Å²) in [5.74, 6) is 4.02. The number of ether oxygens (including phenoxy) is 3. The monoisotopic (exact) mass is 392 g/mol. The van der Waals surface area contributed by atoms with Crippen molar-refractivity contribution in [3.63, 3.8) is 0 Å². The molecule has 3 aromatic rings. The highest BCUT2D eigenvalue weighted by Gasteiger charge is 2.18. The predicted octanol–water partition coefficient (Wildman–Crippen LogP) is 5.07. The highest BCUT2D eigenvalue weighted by atomic mass is 16.5. The van der Waals surface area contributed by atoms with Gasteiger partial charge in [0.1, 0.15) is 35.2 Å². The van der Waals surface area contributed by atoms with Crippen LogP contribution < -0.4 is 19.1 Å². The number of piperidine rings is 1. The van der Waals surface area contributed by atoms with Crippen LogP contribution >= 0.6 is 0 Å². The molecule has 0 saturated carbocycles. The van der Waals surface area contributed by atoms with E-state index in [0.29, 0.717) is 12.5 Å². The molecule has 2 heterocycles. The molecule has 0 amide bonds. The first-order valence-electron chi connectivity index (χ1n) is 10.2. The smallest absolute Gasteiger partial charge is 0.146 e. The molecular weight excluding hydrogens is 364 g/mol. The Hall–Kier alpha value is -2.95. The summed E-state index contributed by atoms with van der Waals surface area (Å²) in [4.78, 5) is 7.35. The first-order valence-corrected chi connectivity index (χ1v) is 10.2. The number of anilines is 1. The quantitative estimate of drug-likeness (QED) is 0.586. The fraction of sp³-hybridized carbons (Fsp3) is 0.375. The number of para-hydroxylation sites is 1. The number of rotatable bonds is 6. The van der Waals surface area contributed by atoms with Gasteiger partial charge in [0.2, 0.25) is 0 Å². The second-order valence-electron chi connectivity index (χ2n) is 7.70. The molecule has 1 atom stereocenters. The first kappa shape index (κ1) is 19.4. The summed E-state index contributed by atoms with van der Waals surface area (Å²) in [5.41, 5.74) is 1.89. The Morgan fingerprint density at radius 3 is 2.55 bits per heavy atom. The minimum atomic E-state index is 0.416. The molecule has 2 aromatic carbocycles. The number of hydrogen-bond donors (Lipinski definition) is 0. The molecule has 5 heteroatoms. The second-order valence-corrected chi connectivity index (χ2v) is 7.70. The summed E-state index contributed by atoms with van der Waals surface area (Å²) in [6, 6.07) is 16.1. The third kappa shape index (κ3) is 4.39. The Balaban J connectivity index is 1.59. The van der Waals surface area contributed by atoms with Crippen molar-refractivity contribution in [3.8, 4) is 17.2 Å². The average molecular weight is 392 g/mol. The highest BCUT2D eigenvalue weighted by Crippen LogP contribution is 2.30. The van der Waals surface area contributed by atoms with E-state index in [2.05, 4.69) is 30.0 Å². The number of nitrogens with zero attached hydrogens (tertiary/aromatic N) is 2. The van der Waals surface area contributed by atoms with Crippen molar-refractivity contribution in [2.45, 2.75) is 26.4 Å². The van der Waals surface area contributed by atoms with E-state index in [9.17, 15) is 0 Å². The molecule has 152 valence electrons.